The van der Waals surface area contributed by atoms with Gasteiger partial charge in [0, 0.05) is 6.07 Å². The van der Waals surface area contributed by atoms with Crippen LogP contribution in [0.25, 0.3) is 0 Å². The number of hydrogen-bond donors (Lipinski definition) is 1. The minimum absolute atomic E-state index is 0.0449. The molecule has 1 saturated heterocycles. The lowest BCUT2D eigenvalue weighted by atomic mass is 10.1. The highest BCUT2D eigenvalue weighted by Gasteiger charge is 2.33. The van der Waals surface area contributed by atoms with Crippen LogP contribution in [0, 0.1) is 17.6 Å². The molecule has 0 radical (unpaired) electrons. The average molecular weight is 275 g/mol. The van der Waals surface area contributed by atoms with Gasteiger partial charge < -0.3 is 5.32 Å². The van der Waals surface area contributed by atoms with Crippen LogP contribution in [0.4, 0.5) is 14.5 Å². The van der Waals surface area contributed by atoms with Crippen LogP contribution in [0.2, 0.25) is 0 Å². The summed E-state index contributed by atoms with van der Waals surface area (Å²) in [7, 11) is -3.18. The summed E-state index contributed by atoms with van der Waals surface area (Å²) >= 11 is 0. The summed E-state index contributed by atoms with van der Waals surface area (Å²) < 4.78 is 48.6. The van der Waals surface area contributed by atoms with Gasteiger partial charge >= 0.3 is 0 Å². The molecule has 1 amide bonds. The molecule has 0 saturated carbocycles. The van der Waals surface area contributed by atoms with Crippen LogP contribution in [-0.2, 0) is 14.6 Å². The van der Waals surface area contributed by atoms with Crippen molar-refractivity contribution in [3.05, 3.63) is 29.8 Å². The van der Waals surface area contributed by atoms with Crippen molar-refractivity contribution in [2.45, 2.75) is 6.42 Å². The number of carbonyl (C=O) groups excluding carboxylic acids is 1. The molecule has 1 heterocycles. The van der Waals surface area contributed by atoms with Crippen LogP contribution >= 0.6 is 0 Å². The van der Waals surface area contributed by atoms with Gasteiger partial charge in [-0.1, -0.05) is 0 Å². The Bertz CT molecular complexity index is 586. The van der Waals surface area contributed by atoms with Gasteiger partial charge in [-0.3, -0.25) is 4.79 Å². The van der Waals surface area contributed by atoms with E-state index in [1.54, 1.807) is 0 Å². The first-order valence-electron chi connectivity index (χ1n) is 5.34. The summed E-state index contributed by atoms with van der Waals surface area (Å²) in [4.78, 5) is 11.7. The van der Waals surface area contributed by atoms with Gasteiger partial charge in [0.2, 0.25) is 5.91 Å². The molecule has 1 aromatic carbocycles. The third-order valence-corrected chi connectivity index (χ3v) is 4.56. The third-order valence-electron chi connectivity index (χ3n) is 2.79. The first-order valence-corrected chi connectivity index (χ1v) is 7.16. The molecule has 0 bridgehead atoms. The van der Waals surface area contributed by atoms with Gasteiger partial charge in [-0.25, -0.2) is 17.2 Å². The highest BCUT2D eigenvalue weighted by atomic mass is 32.2. The first kappa shape index (κ1) is 12.9. The predicted molar refractivity (Wildman–Crippen MR) is 61.7 cm³/mol. The van der Waals surface area contributed by atoms with E-state index in [1.165, 1.54) is 0 Å². The van der Waals surface area contributed by atoms with Crippen molar-refractivity contribution in [2.75, 3.05) is 16.8 Å². The van der Waals surface area contributed by atoms with E-state index in [9.17, 15) is 22.0 Å². The zero-order valence-electron chi connectivity index (χ0n) is 9.32. The molecule has 0 spiro atoms. The summed E-state index contributed by atoms with van der Waals surface area (Å²) in [5.74, 6) is -3.01. The Kier molecular flexibility index (Phi) is 3.34. The molecule has 1 atom stereocenters. The van der Waals surface area contributed by atoms with Crippen LogP contribution in [0.15, 0.2) is 18.2 Å². The van der Waals surface area contributed by atoms with Crippen LogP contribution in [-0.4, -0.2) is 25.8 Å². The van der Waals surface area contributed by atoms with Crippen molar-refractivity contribution >= 4 is 21.4 Å². The van der Waals surface area contributed by atoms with Gasteiger partial charge in [0.1, 0.15) is 11.6 Å². The maximum absolute atomic E-state index is 13.3. The van der Waals surface area contributed by atoms with Crippen molar-refractivity contribution < 1.29 is 22.0 Å². The molecular formula is C11H11F2NO3S. The van der Waals surface area contributed by atoms with E-state index in [1.807, 2.05) is 0 Å². The van der Waals surface area contributed by atoms with Crippen LogP contribution < -0.4 is 5.32 Å². The molecule has 98 valence electrons. The summed E-state index contributed by atoms with van der Waals surface area (Å²) in [6.45, 7) is 0. The molecular weight excluding hydrogens is 264 g/mol. The number of rotatable bonds is 2. The maximum atomic E-state index is 13.3. The van der Waals surface area contributed by atoms with E-state index < -0.39 is 33.3 Å². The fourth-order valence-electron chi connectivity index (χ4n) is 1.83. The van der Waals surface area contributed by atoms with Crippen molar-refractivity contribution in [1.82, 2.24) is 0 Å². The largest absolute Gasteiger partial charge is 0.323 e. The summed E-state index contributed by atoms with van der Waals surface area (Å²) in [5, 5.41) is 2.21. The summed E-state index contributed by atoms with van der Waals surface area (Å²) in [5.41, 5.74) is -0.274. The second-order valence-corrected chi connectivity index (χ2v) is 6.44. The summed E-state index contributed by atoms with van der Waals surface area (Å²) in [6.07, 6.45) is 0.213. The molecule has 18 heavy (non-hydrogen) atoms. The second kappa shape index (κ2) is 4.64. The number of nitrogens with one attached hydrogen (secondary N) is 1. The molecule has 1 aromatic rings. The zero-order valence-corrected chi connectivity index (χ0v) is 10.1. The Hall–Kier alpha value is -1.50. The number of halogens is 2. The number of amides is 1. The number of anilines is 1. The quantitative estimate of drug-likeness (QED) is 0.886. The van der Waals surface area contributed by atoms with Gasteiger partial charge in [0.05, 0.1) is 23.1 Å². The average Bonchev–Trinajstić information content (AvgIpc) is 2.64. The van der Waals surface area contributed by atoms with Crippen LogP contribution in [0.1, 0.15) is 6.42 Å². The summed E-state index contributed by atoms with van der Waals surface area (Å²) in [6, 6.07) is 2.69. The molecule has 0 aliphatic carbocycles. The van der Waals surface area contributed by atoms with E-state index in [4.69, 9.17) is 0 Å². The fourth-order valence-corrected chi connectivity index (χ4v) is 3.57. The Morgan fingerprint density at radius 2 is 2.06 bits per heavy atom. The highest BCUT2D eigenvalue weighted by molar-refractivity contribution is 7.91. The predicted octanol–water partition coefficient (Wildman–Crippen LogP) is 1.34. The molecule has 2 rings (SSSR count). The molecule has 7 heteroatoms. The molecule has 4 nitrogen and oxygen atoms in total. The lowest BCUT2D eigenvalue weighted by molar-refractivity contribution is -0.119. The van der Waals surface area contributed by atoms with Gasteiger partial charge in [-0.2, -0.15) is 0 Å². The van der Waals surface area contributed by atoms with Crippen molar-refractivity contribution in [3.63, 3.8) is 0 Å². The monoisotopic (exact) mass is 275 g/mol. The Morgan fingerprint density at radius 3 is 2.67 bits per heavy atom. The van der Waals surface area contributed by atoms with Crippen molar-refractivity contribution in [2.24, 2.45) is 5.92 Å². The smallest absolute Gasteiger partial charge is 0.228 e. The fraction of sp³-hybridized carbons (Fsp3) is 0.364. The van der Waals surface area contributed by atoms with E-state index in [2.05, 4.69) is 5.32 Å². The van der Waals surface area contributed by atoms with E-state index >= 15 is 0 Å². The molecule has 1 aliphatic heterocycles. The van der Waals surface area contributed by atoms with E-state index in [0.717, 1.165) is 18.2 Å². The second-order valence-electron chi connectivity index (χ2n) is 4.21. The van der Waals surface area contributed by atoms with Gasteiger partial charge in [-0.05, 0) is 18.6 Å². The number of hydrogen-bond acceptors (Lipinski definition) is 3. The van der Waals surface area contributed by atoms with Crippen LogP contribution in [0.3, 0.4) is 0 Å². The number of benzene rings is 1. The van der Waals surface area contributed by atoms with Gasteiger partial charge in [-0.15, -0.1) is 0 Å². The normalized spacial score (nSPS) is 21.8. The number of sulfone groups is 1. The standard InChI is InChI=1S/C11H11F2NO3S/c12-8-1-2-9(13)10(5-8)14-11(15)7-3-4-18(16,17)6-7/h1-2,5,7H,3-4,6H2,(H,14,15)/t7-/m0/s1. The Labute approximate surface area is 103 Å². The zero-order chi connectivity index (χ0) is 13.3. The van der Waals surface area contributed by atoms with Gasteiger partial charge in [0.15, 0.2) is 9.84 Å². The van der Waals surface area contributed by atoms with Crippen molar-refractivity contribution in [1.29, 1.82) is 0 Å². The maximum Gasteiger partial charge on any atom is 0.228 e. The van der Waals surface area contributed by atoms with Gasteiger partial charge in [0.25, 0.3) is 0 Å². The van der Waals surface area contributed by atoms with E-state index in [0.29, 0.717) is 0 Å². The molecule has 1 N–H and O–H groups in total. The van der Waals surface area contributed by atoms with Crippen molar-refractivity contribution in [3.8, 4) is 0 Å². The topological polar surface area (TPSA) is 63.2 Å². The van der Waals surface area contributed by atoms with Crippen LogP contribution in [0.5, 0.6) is 0 Å². The Morgan fingerprint density at radius 1 is 1.33 bits per heavy atom. The highest BCUT2D eigenvalue weighted by Crippen LogP contribution is 2.22. The lowest BCUT2D eigenvalue weighted by Crippen LogP contribution is -2.24. The first-order chi connectivity index (χ1) is 8.37. The minimum atomic E-state index is -3.18. The van der Waals surface area contributed by atoms with E-state index in [-0.39, 0.29) is 23.6 Å². The minimum Gasteiger partial charge on any atom is -0.323 e. The Balaban J connectivity index is 2.10. The third kappa shape index (κ3) is 2.84. The SMILES string of the molecule is O=C(Nc1cc(F)ccc1F)[C@H]1CCS(=O)(=O)C1. The molecule has 0 aromatic heterocycles. The number of carbonyl (C=O) groups is 1. The molecule has 1 fully saturated rings. The lowest BCUT2D eigenvalue weighted by Gasteiger charge is -2.10. The molecule has 1 aliphatic rings. The molecule has 0 unspecified atom stereocenters.